The molecule has 84 valence electrons. The van der Waals surface area contributed by atoms with Crippen LogP contribution in [0.2, 0.25) is 0 Å². The fourth-order valence-electron chi connectivity index (χ4n) is 6.19. The van der Waals surface area contributed by atoms with Gasteiger partial charge in [-0.25, -0.2) is 0 Å². The molecule has 5 saturated carbocycles. The lowest BCUT2D eigenvalue weighted by Gasteiger charge is -2.50. The van der Waals surface area contributed by atoms with Crippen LogP contribution in [0.15, 0.2) is 0 Å². The van der Waals surface area contributed by atoms with E-state index in [9.17, 15) is 0 Å². The third kappa shape index (κ3) is 0.806. The number of hydrogen-bond donors (Lipinski definition) is 0. The number of rotatable bonds is 3. The second-order valence-corrected chi connectivity index (χ2v) is 7.56. The van der Waals surface area contributed by atoms with E-state index < -0.39 is 0 Å². The molecule has 0 aromatic rings. The molecule has 0 aliphatic heterocycles. The Labute approximate surface area is 93.8 Å². The summed E-state index contributed by atoms with van der Waals surface area (Å²) in [5.74, 6) is 2.26. The van der Waals surface area contributed by atoms with Gasteiger partial charge in [-0.3, -0.25) is 0 Å². The SMILES string of the molecule is CCCCC1(C)C2CC34CC1CC3(C2)C4. The maximum absolute atomic E-state index is 2.64. The van der Waals surface area contributed by atoms with Gasteiger partial charge in [-0.05, 0) is 66.6 Å². The first-order valence-corrected chi connectivity index (χ1v) is 7.14. The van der Waals surface area contributed by atoms with Gasteiger partial charge in [-0.15, -0.1) is 0 Å². The van der Waals surface area contributed by atoms with E-state index in [2.05, 4.69) is 13.8 Å². The van der Waals surface area contributed by atoms with Gasteiger partial charge in [0, 0.05) is 0 Å². The molecule has 5 aliphatic rings. The van der Waals surface area contributed by atoms with E-state index in [1.54, 1.807) is 32.1 Å². The molecule has 0 amide bonds. The number of unbranched alkanes of at least 4 members (excludes halogenated alkanes) is 1. The van der Waals surface area contributed by atoms with Crippen molar-refractivity contribution in [2.45, 2.75) is 65.2 Å². The molecule has 5 rings (SSSR count). The molecule has 0 atom stereocenters. The van der Waals surface area contributed by atoms with Gasteiger partial charge in [0.05, 0.1) is 0 Å². The molecule has 15 heavy (non-hydrogen) atoms. The van der Waals surface area contributed by atoms with E-state index in [4.69, 9.17) is 0 Å². The maximum atomic E-state index is 2.64. The highest BCUT2D eigenvalue weighted by molar-refractivity contribution is 5.30. The van der Waals surface area contributed by atoms with E-state index in [0.717, 1.165) is 28.1 Å². The predicted molar refractivity (Wildman–Crippen MR) is 62.6 cm³/mol. The first kappa shape index (κ1) is 9.07. The highest BCUT2D eigenvalue weighted by Crippen LogP contribution is 2.90. The second kappa shape index (κ2) is 2.31. The van der Waals surface area contributed by atoms with Crippen LogP contribution in [0.25, 0.3) is 0 Å². The van der Waals surface area contributed by atoms with Gasteiger partial charge < -0.3 is 0 Å². The summed E-state index contributed by atoms with van der Waals surface area (Å²) < 4.78 is 0. The maximum Gasteiger partial charge on any atom is -0.0229 e. The van der Waals surface area contributed by atoms with Gasteiger partial charge in [-0.1, -0.05) is 26.7 Å². The van der Waals surface area contributed by atoms with Crippen LogP contribution in [0.1, 0.15) is 65.2 Å². The fourth-order valence-corrected chi connectivity index (χ4v) is 6.19. The second-order valence-electron chi connectivity index (χ2n) is 7.56. The Kier molecular flexibility index (Phi) is 1.40. The zero-order valence-electron chi connectivity index (χ0n) is 10.3. The highest BCUT2D eigenvalue weighted by Gasteiger charge is 2.81. The summed E-state index contributed by atoms with van der Waals surface area (Å²) >= 11 is 0. The van der Waals surface area contributed by atoms with Crippen molar-refractivity contribution in [3.05, 3.63) is 0 Å². The van der Waals surface area contributed by atoms with E-state index in [-0.39, 0.29) is 0 Å². The summed E-state index contributed by atoms with van der Waals surface area (Å²) in [7, 11) is 0. The molecule has 0 unspecified atom stereocenters. The molecule has 5 fully saturated rings. The van der Waals surface area contributed by atoms with Crippen LogP contribution in [0.5, 0.6) is 0 Å². The summed E-state index contributed by atoms with van der Waals surface area (Å²) in [5.41, 5.74) is 2.61. The Hall–Kier alpha value is 0. The molecule has 0 aromatic carbocycles. The minimum atomic E-state index is 0.764. The van der Waals surface area contributed by atoms with Gasteiger partial charge in [0.25, 0.3) is 0 Å². The molecule has 2 spiro atoms. The van der Waals surface area contributed by atoms with Crippen LogP contribution in [-0.4, -0.2) is 0 Å². The highest BCUT2D eigenvalue weighted by atomic mass is 14.9. The smallest absolute Gasteiger partial charge is 0.0229 e. The largest absolute Gasteiger partial charge is 0.0654 e. The molecule has 0 aromatic heterocycles. The summed E-state index contributed by atoms with van der Waals surface area (Å²) in [6.45, 7) is 4.99. The van der Waals surface area contributed by atoms with E-state index in [1.807, 2.05) is 0 Å². The summed E-state index contributed by atoms with van der Waals surface area (Å²) in [5, 5.41) is 0. The first-order chi connectivity index (χ1) is 7.14. The first-order valence-electron chi connectivity index (χ1n) is 7.14. The molecule has 0 heteroatoms. The van der Waals surface area contributed by atoms with E-state index >= 15 is 0 Å². The van der Waals surface area contributed by atoms with Crippen molar-refractivity contribution in [3.63, 3.8) is 0 Å². The molecule has 5 aliphatic carbocycles. The van der Waals surface area contributed by atoms with E-state index in [1.165, 1.54) is 19.3 Å². The van der Waals surface area contributed by atoms with Crippen molar-refractivity contribution in [1.82, 2.24) is 0 Å². The van der Waals surface area contributed by atoms with Crippen LogP contribution < -0.4 is 0 Å². The molecule has 0 N–H and O–H groups in total. The lowest BCUT2D eigenvalue weighted by atomic mass is 9.55. The average molecular weight is 204 g/mol. The topological polar surface area (TPSA) is 0 Å². The van der Waals surface area contributed by atoms with Crippen LogP contribution in [-0.2, 0) is 0 Å². The Bertz CT molecular complexity index is 278. The molecular weight excluding hydrogens is 180 g/mol. The summed E-state index contributed by atoms with van der Waals surface area (Å²) in [4.78, 5) is 0. The Morgan fingerprint density at radius 1 is 1.00 bits per heavy atom. The zero-order valence-corrected chi connectivity index (χ0v) is 10.3. The Balaban J connectivity index is 1.64. The standard InChI is InChI=1S/C15H24/c1-3-4-5-13(2)11-6-14-8-12(13)9-15(14,7-11)10-14/h11-12H,3-10H2,1-2H3. The van der Waals surface area contributed by atoms with Crippen molar-refractivity contribution in [3.8, 4) is 0 Å². The quantitative estimate of drug-likeness (QED) is 0.639. The van der Waals surface area contributed by atoms with Crippen molar-refractivity contribution < 1.29 is 0 Å². The molecule has 4 bridgehead atoms. The van der Waals surface area contributed by atoms with Crippen molar-refractivity contribution in [2.75, 3.05) is 0 Å². The summed E-state index contributed by atoms with van der Waals surface area (Å²) in [6, 6.07) is 0. The monoisotopic (exact) mass is 204 g/mol. The third-order valence-corrected chi connectivity index (χ3v) is 7.16. The van der Waals surface area contributed by atoms with Gasteiger partial charge in [0.1, 0.15) is 0 Å². The lowest BCUT2D eigenvalue weighted by Crippen LogP contribution is -2.41. The van der Waals surface area contributed by atoms with Crippen LogP contribution in [0.4, 0.5) is 0 Å². The molecule has 0 nitrogen and oxygen atoms in total. The third-order valence-electron chi connectivity index (χ3n) is 7.16. The molecular formula is C15H24. The van der Waals surface area contributed by atoms with Gasteiger partial charge in [0.15, 0.2) is 0 Å². The lowest BCUT2D eigenvalue weighted by molar-refractivity contribution is -0.00366. The summed E-state index contributed by atoms with van der Waals surface area (Å²) in [6.07, 6.45) is 12.6. The molecule has 0 radical (unpaired) electrons. The predicted octanol–water partition coefficient (Wildman–Crippen LogP) is 4.39. The van der Waals surface area contributed by atoms with Gasteiger partial charge in [-0.2, -0.15) is 0 Å². The minimum absolute atomic E-state index is 0.764. The van der Waals surface area contributed by atoms with Crippen molar-refractivity contribution >= 4 is 0 Å². The fraction of sp³-hybridized carbons (Fsp3) is 1.00. The normalized spacial score (nSPS) is 63.6. The minimum Gasteiger partial charge on any atom is -0.0654 e. The van der Waals surface area contributed by atoms with Crippen LogP contribution in [0, 0.1) is 28.1 Å². The Morgan fingerprint density at radius 3 is 2.00 bits per heavy atom. The van der Waals surface area contributed by atoms with Crippen molar-refractivity contribution in [1.29, 1.82) is 0 Å². The van der Waals surface area contributed by atoms with E-state index in [0.29, 0.717) is 0 Å². The molecule has 0 saturated heterocycles. The van der Waals surface area contributed by atoms with Gasteiger partial charge in [0.2, 0.25) is 0 Å². The zero-order chi connectivity index (χ0) is 10.3. The van der Waals surface area contributed by atoms with Crippen LogP contribution >= 0.6 is 0 Å². The van der Waals surface area contributed by atoms with Crippen LogP contribution in [0.3, 0.4) is 0 Å². The van der Waals surface area contributed by atoms with Gasteiger partial charge >= 0.3 is 0 Å². The average Bonchev–Trinajstić information content (AvgIpc) is 2.54. The van der Waals surface area contributed by atoms with Crippen molar-refractivity contribution in [2.24, 2.45) is 28.1 Å². The molecule has 0 heterocycles. The Morgan fingerprint density at radius 2 is 1.53 bits per heavy atom. The number of hydrogen-bond acceptors (Lipinski definition) is 0.